The number of ether oxygens (including phenoxy) is 2. The number of terminal acetylenes is 1. The molecule has 0 saturated carbocycles. The maximum Gasteiger partial charge on any atom is 0.319 e. The van der Waals surface area contributed by atoms with E-state index in [-0.39, 0.29) is 57.9 Å². The van der Waals surface area contributed by atoms with Crippen LogP contribution in [0.15, 0.2) is 30.5 Å². The Morgan fingerprint density at radius 3 is 2.96 bits per heavy atom. The molecule has 2 aromatic heterocycles. The molecular weight excluding hydrogens is 583 g/mol. The predicted octanol–water partition coefficient (Wildman–Crippen LogP) is 5.38. The van der Waals surface area contributed by atoms with Crippen molar-refractivity contribution in [2.45, 2.75) is 49.9 Å². The van der Waals surface area contributed by atoms with Gasteiger partial charge in [0.1, 0.15) is 41.3 Å². The van der Waals surface area contributed by atoms with Crippen molar-refractivity contribution in [2.75, 3.05) is 44.2 Å². The van der Waals surface area contributed by atoms with Gasteiger partial charge in [-0.15, -0.1) is 6.42 Å². The molecule has 4 fully saturated rings. The number of alkyl halides is 1. The van der Waals surface area contributed by atoms with Crippen molar-refractivity contribution >= 4 is 27.5 Å². The highest BCUT2D eigenvalue weighted by atomic mass is 19.1. The van der Waals surface area contributed by atoms with Crippen LogP contribution in [-0.4, -0.2) is 82.1 Å². The molecule has 6 heterocycles. The Balaban J connectivity index is 1.30. The van der Waals surface area contributed by atoms with Gasteiger partial charge < -0.3 is 19.5 Å². The number of benzene rings is 2. The number of phenols is 1. The smallest absolute Gasteiger partial charge is 0.319 e. The Morgan fingerprint density at radius 1 is 1.20 bits per heavy atom. The van der Waals surface area contributed by atoms with E-state index in [4.69, 9.17) is 18.6 Å². The number of fused-ring (bicyclic) bond motifs is 4. The van der Waals surface area contributed by atoms with Gasteiger partial charge in [-0.05, 0) is 61.7 Å². The maximum atomic E-state index is 16.9. The van der Waals surface area contributed by atoms with Crippen LogP contribution in [0.1, 0.15) is 40.4 Å². The molecule has 11 heteroatoms. The lowest BCUT2D eigenvalue weighted by Crippen LogP contribution is -2.44. The molecular formula is C34H32F3N5O3. The fraction of sp³-hybridized carbons (Fsp3) is 0.441. The Kier molecular flexibility index (Phi) is 6.23. The van der Waals surface area contributed by atoms with Crippen LogP contribution in [0.5, 0.6) is 11.8 Å². The topological polar surface area (TPSA) is 83.8 Å². The highest BCUT2D eigenvalue weighted by Gasteiger charge is 2.49. The largest absolute Gasteiger partial charge is 0.508 e. The zero-order valence-electron chi connectivity index (χ0n) is 26.4. The van der Waals surface area contributed by atoms with Crippen molar-refractivity contribution in [3.05, 3.63) is 47.7 Å². The highest BCUT2D eigenvalue weighted by Crippen LogP contribution is 2.42. The third kappa shape index (κ3) is 4.65. The van der Waals surface area contributed by atoms with Crippen LogP contribution in [0.2, 0.25) is 0 Å². The van der Waals surface area contributed by atoms with E-state index in [1.165, 1.54) is 30.5 Å². The van der Waals surface area contributed by atoms with E-state index < -0.39 is 35.9 Å². The number of hydrogen-bond donors (Lipinski definition) is 1. The Bertz CT molecular complexity index is 1980. The third-order valence-electron chi connectivity index (χ3n) is 9.84. The third-order valence-corrected chi connectivity index (χ3v) is 9.84. The average Bonchev–Trinajstić information content (AvgIpc) is 3.75. The van der Waals surface area contributed by atoms with Gasteiger partial charge >= 0.3 is 6.01 Å². The number of anilines is 1. The number of phenolic OH excluding ortho intramolecular Hbond substituents is 1. The first-order chi connectivity index (χ1) is 22.6. The minimum Gasteiger partial charge on any atom is -0.508 e. The number of piperidine rings is 1. The van der Waals surface area contributed by atoms with Gasteiger partial charge in [-0.2, -0.15) is 9.97 Å². The lowest BCUT2D eigenvalue weighted by Gasteiger charge is -2.35. The van der Waals surface area contributed by atoms with Crippen molar-refractivity contribution in [2.24, 2.45) is 5.92 Å². The van der Waals surface area contributed by atoms with Crippen LogP contribution in [0.4, 0.5) is 19.0 Å². The Hall–Kier alpha value is -4.14. The second-order valence-corrected chi connectivity index (χ2v) is 12.5. The predicted molar refractivity (Wildman–Crippen MR) is 163 cm³/mol. The molecule has 2 aromatic carbocycles. The van der Waals surface area contributed by atoms with Gasteiger partial charge in [-0.25, -0.2) is 13.2 Å². The molecule has 45 heavy (non-hydrogen) atoms. The summed E-state index contributed by atoms with van der Waals surface area (Å²) in [7, 11) is 0. The molecule has 0 aliphatic carbocycles. The molecule has 4 aliphatic rings. The maximum absolute atomic E-state index is 16.9. The molecule has 0 spiro atoms. The molecule has 4 aliphatic heterocycles. The van der Waals surface area contributed by atoms with E-state index in [2.05, 4.69) is 20.9 Å². The van der Waals surface area contributed by atoms with Gasteiger partial charge in [0, 0.05) is 49.8 Å². The SMILES string of the molecule is [2H]C([2H])(Oc1nc(N2CC[C@@H]3CCO[C@H]3C2)c2cnc(-c3cc(O)cc4ccc(F)c(C#C)c34)c(F)c2n1)[C@@]12CCCN1C[C@H](F)C2. The van der Waals surface area contributed by atoms with Crippen LogP contribution in [0, 0.1) is 29.9 Å². The normalized spacial score (nSPS) is 27.3. The average molecular weight is 618 g/mol. The number of halogens is 3. The van der Waals surface area contributed by atoms with Crippen molar-refractivity contribution < 1.29 is 30.5 Å². The molecule has 4 aromatic rings. The van der Waals surface area contributed by atoms with Crippen molar-refractivity contribution in [3.63, 3.8) is 0 Å². The summed E-state index contributed by atoms with van der Waals surface area (Å²) in [6, 6.07) is 4.88. The second-order valence-electron chi connectivity index (χ2n) is 12.5. The summed E-state index contributed by atoms with van der Waals surface area (Å²) < 4.78 is 76.3. The van der Waals surface area contributed by atoms with Gasteiger partial charge in [0.25, 0.3) is 0 Å². The molecule has 8 nitrogen and oxygen atoms in total. The van der Waals surface area contributed by atoms with E-state index in [1.54, 1.807) is 4.90 Å². The number of rotatable bonds is 5. The quantitative estimate of drug-likeness (QED) is 0.299. The highest BCUT2D eigenvalue weighted by molar-refractivity contribution is 6.03. The number of hydrogen-bond acceptors (Lipinski definition) is 8. The molecule has 8 rings (SSSR count). The number of aromatic nitrogens is 3. The van der Waals surface area contributed by atoms with Crippen LogP contribution in [0.3, 0.4) is 0 Å². The van der Waals surface area contributed by atoms with E-state index in [9.17, 15) is 13.9 Å². The summed E-state index contributed by atoms with van der Waals surface area (Å²) in [5.74, 6) is 1.24. The summed E-state index contributed by atoms with van der Waals surface area (Å²) in [4.78, 5) is 17.2. The van der Waals surface area contributed by atoms with Crippen molar-refractivity contribution in [1.29, 1.82) is 0 Å². The minimum atomic E-state index is -2.40. The fourth-order valence-corrected chi connectivity index (χ4v) is 7.70. The van der Waals surface area contributed by atoms with Crippen LogP contribution < -0.4 is 9.64 Å². The van der Waals surface area contributed by atoms with Crippen molar-refractivity contribution in [3.8, 4) is 35.4 Å². The number of pyridine rings is 1. The fourth-order valence-electron chi connectivity index (χ4n) is 7.70. The standard InChI is InChI=1S/C34H32F3N5O3/c1-2-23-26(36)5-4-20-12-22(43)13-24(28(20)23)30-29(37)31-25(15-38-30)32(41-10-6-19-7-11-44-27(19)17-41)40-33(39-31)45-18-34-8-3-9-42(34)16-21(35)14-34/h1,4-5,12-13,15,19,21,27,43H,3,6-11,14,16-18H2/t19-,21-,27+,34+/m1/s1/i18D2. The first kappa shape index (κ1) is 26.1. The molecule has 0 amide bonds. The van der Waals surface area contributed by atoms with E-state index in [0.717, 1.165) is 12.8 Å². The molecule has 1 N–H and O–H groups in total. The number of nitrogens with zero attached hydrogens (tertiary/aromatic N) is 5. The van der Waals surface area contributed by atoms with E-state index in [1.807, 2.05) is 4.90 Å². The first-order valence-electron chi connectivity index (χ1n) is 16.3. The van der Waals surface area contributed by atoms with Crippen LogP contribution >= 0.6 is 0 Å². The van der Waals surface area contributed by atoms with Gasteiger partial charge in [0.2, 0.25) is 0 Å². The lowest BCUT2D eigenvalue weighted by molar-refractivity contribution is 0.0843. The van der Waals surface area contributed by atoms with Crippen LogP contribution in [0.25, 0.3) is 32.9 Å². The first-order valence-corrected chi connectivity index (χ1v) is 15.3. The monoisotopic (exact) mass is 617 g/mol. The lowest BCUT2D eigenvalue weighted by atomic mass is 9.93. The summed E-state index contributed by atoms with van der Waals surface area (Å²) in [5.41, 5.74) is -1.70. The summed E-state index contributed by atoms with van der Waals surface area (Å²) >= 11 is 0. The van der Waals surface area contributed by atoms with Gasteiger partial charge in [0.05, 0.1) is 25.3 Å². The van der Waals surface area contributed by atoms with Crippen molar-refractivity contribution in [1.82, 2.24) is 19.9 Å². The molecule has 232 valence electrons. The van der Waals surface area contributed by atoms with E-state index >= 15 is 4.39 Å². The summed E-state index contributed by atoms with van der Waals surface area (Å²) in [6.45, 7) is -0.000745. The van der Waals surface area contributed by atoms with Gasteiger partial charge in [-0.3, -0.25) is 9.88 Å². The zero-order valence-corrected chi connectivity index (χ0v) is 24.4. The zero-order chi connectivity index (χ0) is 32.7. The second kappa shape index (κ2) is 10.7. The van der Waals surface area contributed by atoms with E-state index in [0.29, 0.717) is 56.2 Å². The summed E-state index contributed by atoms with van der Waals surface area (Å²) in [5, 5.41) is 11.4. The molecule has 4 saturated heterocycles. The van der Waals surface area contributed by atoms with Gasteiger partial charge in [0.15, 0.2) is 5.82 Å². The molecule has 0 unspecified atom stereocenters. The number of aromatic hydroxyl groups is 1. The Labute approximate surface area is 261 Å². The minimum absolute atomic E-state index is 0.0337. The molecule has 4 atom stereocenters. The Morgan fingerprint density at radius 2 is 2.09 bits per heavy atom. The molecule has 0 radical (unpaired) electrons. The van der Waals surface area contributed by atoms with Gasteiger partial charge in [-0.1, -0.05) is 12.0 Å². The summed E-state index contributed by atoms with van der Waals surface area (Å²) in [6.07, 6.45) is 8.68. The molecule has 0 bridgehead atoms. The van der Waals surface area contributed by atoms with Crippen LogP contribution in [-0.2, 0) is 4.74 Å².